The van der Waals surface area contributed by atoms with Crippen LogP contribution >= 0.6 is 15.9 Å². The number of halogens is 3. The maximum absolute atomic E-state index is 13.8. The van der Waals surface area contributed by atoms with Crippen molar-refractivity contribution in [1.82, 2.24) is 0 Å². The summed E-state index contributed by atoms with van der Waals surface area (Å²) in [5, 5.41) is 0. The molecule has 1 nitrogen and oxygen atoms in total. The SMILES string of the molecule is NC(c1c(F)cc(Br)cc1F)C1CCCCC1. The fraction of sp³-hybridized carbons (Fsp3) is 0.538. The van der Waals surface area contributed by atoms with Crippen LogP contribution in [-0.4, -0.2) is 0 Å². The van der Waals surface area contributed by atoms with Gasteiger partial charge in [0.2, 0.25) is 0 Å². The molecular formula is C13H16BrF2N. The van der Waals surface area contributed by atoms with E-state index in [-0.39, 0.29) is 11.5 Å². The minimum absolute atomic E-state index is 0.0418. The largest absolute Gasteiger partial charge is 0.324 e. The second kappa shape index (κ2) is 5.44. The third kappa shape index (κ3) is 2.86. The number of hydrogen-bond acceptors (Lipinski definition) is 1. The molecule has 1 saturated carbocycles. The molecule has 0 radical (unpaired) electrons. The highest BCUT2D eigenvalue weighted by atomic mass is 79.9. The summed E-state index contributed by atoms with van der Waals surface area (Å²) in [4.78, 5) is 0. The fourth-order valence-electron chi connectivity index (χ4n) is 2.60. The van der Waals surface area contributed by atoms with Crippen molar-refractivity contribution in [3.63, 3.8) is 0 Å². The van der Waals surface area contributed by atoms with Crippen LogP contribution in [0.15, 0.2) is 16.6 Å². The van der Waals surface area contributed by atoms with Gasteiger partial charge in [-0.1, -0.05) is 35.2 Å². The Morgan fingerprint density at radius 3 is 2.18 bits per heavy atom. The highest BCUT2D eigenvalue weighted by Crippen LogP contribution is 2.35. The summed E-state index contributed by atoms with van der Waals surface area (Å²) in [6, 6.07) is 2.03. The van der Waals surface area contributed by atoms with Crippen LogP contribution in [0.3, 0.4) is 0 Å². The lowest BCUT2D eigenvalue weighted by molar-refractivity contribution is 0.298. The molecule has 1 atom stereocenters. The summed E-state index contributed by atoms with van der Waals surface area (Å²) in [7, 11) is 0. The molecule has 1 aliphatic carbocycles. The van der Waals surface area contributed by atoms with Crippen molar-refractivity contribution < 1.29 is 8.78 Å². The second-order valence-corrected chi connectivity index (χ2v) is 5.62. The molecule has 1 unspecified atom stereocenters. The van der Waals surface area contributed by atoms with Gasteiger partial charge in [0.15, 0.2) is 0 Å². The van der Waals surface area contributed by atoms with E-state index >= 15 is 0 Å². The minimum Gasteiger partial charge on any atom is -0.324 e. The van der Waals surface area contributed by atoms with Crippen molar-refractivity contribution in [3.8, 4) is 0 Å². The number of benzene rings is 1. The van der Waals surface area contributed by atoms with E-state index in [1.54, 1.807) is 0 Å². The van der Waals surface area contributed by atoms with Crippen LogP contribution < -0.4 is 5.73 Å². The van der Waals surface area contributed by atoms with Crippen molar-refractivity contribution in [2.75, 3.05) is 0 Å². The summed E-state index contributed by atoms with van der Waals surface area (Å²) in [6.07, 6.45) is 5.36. The van der Waals surface area contributed by atoms with Gasteiger partial charge in [-0.25, -0.2) is 8.78 Å². The standard InChI is InChI=1S/C13H16BrF2N/c14-9-6-10(15)12(11(16)7-9)13(17)8-4-2-1-3-5-8/h6-8,13H,1-5,17H2. The Morgan fingerprint density at radius 1 is 1.12 bits per heavy atom. The molecule has 0 spiro atoms. The van der Waals surface area contributed by atoms with Gasteiger partial charge < -0.3 is 5.73 Å². The van der Waals surface area contributed by atoms with Crippen molar-refractivity contribution >= 4 is 15.9 Å². The van der Waals surface area contributed by atoms with E-state index in [1.165, 1.54) is 18.6 Å². The van der Waals surface area contributed by atoms with Gasteiger partial charge in [0.1, 0.15) is 11.6 Å². The Hall–Kier alpha value is -0.480. The molecule has 1 aromatic rings. The molecule has 0 aliphatic heterocycles. The monoisotopic (exact) mass is 303 g/mol. The number of nitrogens with two attached hydrogens (primary N) is 1. The summed E-state index contributed by atoms with van der Waals surface area (Å²) >= 11 is 3.07. The smallest absolute Gasteiger partial charge is 0.132 e. The Morgan fingerprint density at radius 2 is 1.65 bits per heavy atom. The molecule has 2 N–H and O–H groups in total. The lowest BCUT2D eigenvalue weighted by Gasteiger charge is -2.28. The quantitative estimate of drug-likeness (QED) is 0.866. The van der Waals surface area contributed by atoms with E-state index in [2.05, 4.69) is 15.9 Å². The van der Waals surface area contributed by atoms with Crippen LogP contribution in [0.1, 0.15) is 43.7 Å². The van der Waals surface area contributed by atoms with E-state index in [1.807, 2.05) is 0 Å². The third-order valence-corrected chi connectivity index (χ3v) is 3.99. The first-order chi connectivity index (χ1) is 8.09. The Balaban J connectivity index is 2.26. The van der Waals surface area contributed by atoms with Crippen molar-refractivity contribution in [2.24, 2.45) is 11.7 Å². The summed E-state index contributed by atoms with van der Waals surface area (Å²) in [5.74, 6) is -0.890. The van der Waals surface area contributed by atoms with Crippen LogP contribution in [0.5, 0.6) is 0 Å². The van der Waals surface area contributed by atoms with Crippen molar-refractivity contribution in [1.29, 1.82) is 0 Å². The van der Waals surface area contributed by atoms with E-state index in [0.29, 0.717) is 4.47 Å². The predicted molar refractivity (Wildman–Crippen MR) is 67.6 cm³/mol. The average Bonchev–Trinajstić information content (AvgIpc) is 2.28. The molecule has 1 aliphatic rings. The molecule has 0 aromatic heterocycles. The van der Waals surface area contributed by atoms with Crippen molar-refractivity contribution in [2.45, 2.75) is 38.1 Å². The lowest BCUT2D eigenvalue weighted by Crippen LogP contribution is -2.25. The normalized spacial score (nSPS) is 19.3. The Kier molecular flexibility index (Phi) is 4.15. The third-order valence-electron chi connectivity index (χ3n) is 3.53. The summed E-state index contributed by atoms with van der Waals surface area (Å²) in [6.45, 7) is 0. The van der Waals surface area contributed by atoms with Gasteiger partial charge in [-0.05, 0) is 30.9 Å². The topological polar surface area (TPSA) is 26.0 Å². The Labute approximate surface area is 109 Å². The summed E-state index contributed by atoms with van der Waals surface area (Å²) in [5.41, 5.74) is 6.07. The van der Waals surface area contributed by atoms with Gasteiger partial charge in [-0.2, -0.15) is 0 Å². The molecule has 0 amide bonds. The maximum Gasteiger partial charge on any atom is 0.132 e. The maximum atomic E-state index is 13.8. The molecule has 1 fully saturated rings. The van der Waals surface area contributed by atoms with Crippen LogP contribution in [-0.2, 0) is 0 Å². The van der Waals surface area contributed by atoms with Crippen LogP contribution in [0.25, 0.3) is 0 Å². The minimum atomic E-state index is -0.546. The van der Waals surface area contributed by atoms with Gasteiger partial charge in [0, 0.05) is 16.1 Å². The first-order valence-electron chi connectivity index (χ1n) is 5.99. The van der Waals surface area contributed by atoms with E-state index < -0.39 is 17.7 Å². The van der Waals surface area contributed by atoms with Gasteiger partial charge in [0.05, 0.1) is 0 Å². The van der Waals surface area contributed by atoms with E-state index in [4.69, 9.17) is 5.73 Å². The van der Waals surface area contributed by atoms with Gasteiger partial charge in [-0.15, -0.1) is 0 Å². The van der Waals surface area contributed by atoms with Crippen molar-refractivity contribution in [3.05, 3.63) is 33.8 Å². The predicted octanol–water partition coefficient (Wildman–Crippen LogP) is 4.31. The van der Waals surface area contributed by atoms with Crippen LogP contribution in [0.4, 0.5) is 8.78 Å². The lowest BCUT2D eigenvalue weighted by atomic mass is 9.81. The molecular weight excluding hydrogens is 288 g/mol. The average molecular weight is 304 g/mol. The van der Waals surface area contributed by atoms with Gasteiger partial charge in [0.25, 0.3) is 0 Å². The first-order valence-corrected chi connectivity index (χ1v) is 6.79. The number of hydrogen-bond donors (Lipinski definition) is 1. The zero-order valence-corrected chi connectivity index (χ0v) is 11.1. The molecule has 2 rings (SSSR count). The van der Waals surface area contributed by atoms with Crippen LogP contribution in [0.2, 0.25) is 0 Å². The highest BCUT2D eigenvalue weighted by Gasteiger charge is 2.26. The highest BCUT2D eigenvalue weighted by molar-refractivity contribution is 9.10. The first kappa shape index (κ1) is 13.0. The molecule has 0 heterocycles. The molecule has 1 aromatic carbocycles. The van der Waals surface area contributed by atoms with Crippen LogP contribution in [0, 0.1) is 17.6 Å². The Bertz CT molecular complexity index is 379. The molecule has 94 valence electrons. The van der Waals surface area contributed by atoms with Gasteiger partial charge in [-0.3, -0.25) is 0 Å². The zero-order chi connectivity index (χ0) is 12.4. The van der Waals surface area contributed by atoms with E-state index in [0.717, 1.165) is 25.7 Å². The molecule has 17 heavy (non-hydrogen) atoms. The number of rotatable bonds is 2. The van der Waals surface area contributed by atoms with Gasteiger partial charge >= 0.3 is 0 Å². The van der Waals surface area contributed by atoms with E-state index in [9.17, 15) is 8.78 Å². The fourth-order valence-corrected chi connectivity index (χ4v) is 3.00. The molecule has 0 saturated heterocycles. The second-order valence-electron chi connectivity index (χ2n) is 4.71. The molecule has 0 bridgehead atoms. The summed E-state index contributed by atoms with van der Waals surface area (Å²) < 4.78 is 27.9. The molecule has 4 heteroatoms. The zero-order valence-electron chi connectivity index (χ0n) is 9.56.